The average Bonchev–Trinajstić information content (AvgIpc) is 3.02. The van der Waals surface area contributed by atoms with Gasteiger partial charge in [-0.1, -0.05) is 0 Å². The largest absolute Gasteiger partial charge is 0.493 e. The van der Waals surface area contributed by atoms with Gasteiger partial charge in [-0.25, -0.2) is 4.98 Å². The van der Waals surface area contributed by atoms with E-state index in [-0.39, 0.29) is 17.4 Å². The van der Waals surface area contributed by atoms with Crippen LogP contribution in [0.5, 0.6) is 11.5 Å². The summed E-state index contributed by atoms with van der Waals surface area (Å²) in [5.41, 5.74) is 3.28. The quantitative estimate of drug-likeness (QED) is 0.751. The predicted octanol–water partition coefficient (Wildman–Crippen LogP) is 4.16. The molecule has 0 aliphatic rings. The molecule has 1 heterocycles. The zero-order valence-electron chi connectivity index (χ0n) is 12.5. The minimum Gasteiger partial charge on any atom is -0.493 e. The van der Waals surface area contributed by atoms with Gasteiger partial charge in [0.2, 0.25) is 0 Å². The van der Waals surface area contributed by atoms with Crippen LogP contribution in [0.3, 0.4) is 0 Å². The molecule has 0 bridgehead atoms. The summed E-state index contributed by atoms with van der Waals surface area (Å²) in [4.78, 5) is 16.5. The lowest BCUT2D eigenvalue weighted by atomic mass is 10.2. The van der Waals surface area contributed by atoms with Gasteiger partial charge in [0.15, 0.2) is 11.5 Å². The molecule has 0 aliphatic heterocycles. The minimum atomic E-state index is -2.99. The molecule has 2 aromatic carbocycles. The van der Waals surface area contributed by atoms with Crippen molar-refractivity contribution in [3.05, 3.63) is 47.5 Å². The molecule has 0 saturated carbocycles. The number of benzene rings is 2. The minimum absolute atomic E-state index is 0.150. The van der Waals surface area contributed by atoms with Gasteiger partial charge in [0.1, 0.15) is 0 Å². The summed E-state index contributed by atoms with van der Waals surface area (Å²) in [6, 6.07) is 9.40. The van der Waals surface area contributed by atoms with Gasteiger partial charge in [0, 0.05) is 17.3 Å². The summed E-state index contributed by atoms with van der Waals surface area (Å²) in [6.45, 7) is -2.99. The number of nitrogens with zero attached hydrogens (tertiary/aromatic N) is 1. The number of amides is 1. The lowest BCUT2D eigenvalue weighted by molar-refractivity contribution is -0.0511. The molecule has 8 heteroatoms. The number of hydrogen-bond donors (Lipinski definition) is 1. The lowest BCUT2D eigenvalue weighted by Gasteiger charge is -2.12. The first-order valence-corrected chi connectivity index (χ1v) is 7.72. The molecule has 5 nitrogen and oxygen atoms in total. The fraction of sp³-hybridized carbons (Fsp3) is 0.125. The van der Waals surface area contributed by atoms with Crippen molar-refractivity contribution in [1.82, 2.24) is 4.98 Å². The Labute approximate surface area is 139 Å². The molecule has 1 amide bonds. The summed E-state index contributed by atoms with van der Waals surface area (Å²) in [6.07, 6.45) is 0. The Hall–Kier alpha value is -2.74. The van der Waals surface area contributed by atoms with Gasteiger partial charge in [-0.15, -0.1) is 11.3 Å². The van der Waals surface area contributed by atoms with E-state index in [0.29, 0.717) is 11.3 Å². The maximum absolute atomic E-state index is 12.4. The number of halogens is 2. The lowest BCUT2D eigenvalue weighted by Crippen LogP contribution is -2.12. The zero-order chi connectivity index (χ0) is 17.1. The maximum Gasteiger partial charge on any atom is 0.387 e. The summed E-state index contributed by atoms with van der Waals surface area (Å²) in [5, 5.41) is 2.64. The van der Waals surface area contributed by atoms with Crippen molar-refractivity contribution < 1.29 is 23.0 Å². The molecule has 24 heavy (non-hydrogen) atoms. The normalized spacial score (nSPS) is 10.8. The molecule has 0 aliphatic carbocycles. The van der Waals surface area contributed by atoms with E-state index in [4.69, 9.17) is 4.74 Å². The second-order valence-corrected chi connectivity index (χ2v) is 5.62. The number of methoxy groups -OCH3 is 1. The first-order chi connectivity index (χ1) is 11.6. The number of ether oxygens (including phenoxy) is 2. The van der Waals surface area contributed by atoms with Crippen molar-refractivity contribution in [2.24, 2.45) is 0 Å². The number of carbonyl (C=O) groups excluding carboxylic acids is 1. The Balaban J connectivity index is 1.82. The zero-order valence-corrected chi connectivity index (χ0v) is 13.3. The first kappa shape index (κ1) is 16.1. The average molecular weight is 350 g/mol. The van der Waals surface area contributed by atoms with Crippen LogP contribution in [-0.2, 0) is 0 Å². The van der Waals surface area contributed by atoms with E-state index in [1.54, 1.807) is 29.8 Å². The van der Waals surface area contributed by atoms with Crippen LogP contribution in [0.4, 0.5) is 14.5 Å². The number of rotatable bonds is 5. The van der Waals surface area contributed by atoms with Crippen molar-refractivity contribution in [2.75, 3.05) is 12.4 Å². The van der Waals surface area contributed by atoms with E-state index in [1.807, 2.05) is 0 Å². The van der Waals surface area contributed by atoms with Crippen LogP contribution in [0.1, 0.15) is 10.4 Å². The van der Waals surface area contributed by atoms with Crippen LogP contribution < -0.4 is 14.8 Å². The van der Waals surface area contributed by atoms with E-state index in [0.717, 1.165) is 10.2 Å². The number of anilines is 1. The SMILES string of the molecule is COc1ccc(NC(=O)c2ccc3ncsc3c2)cc1OC(F)F. The van der Waals surface area contributed by atoms with E-state index >= 15 is 0 Å². The highest BCUT2D eigenvalue weighted by atomic mass is 32.1. The Kier molecular flexibility index (Phi) is 4.57. The molecule has 3 rings (SSSR count). The third-order valence-electron chi connectivity index (χ3n) is 3.23. The van der Waals surface area contributed by atoms with Crippen LogP contribution in [0.15, 0.2) is 41.9 Å². The molecular formula is C16H12F2N2O3S. The highest BCUT2D eigenvalue weighted by Gasteiger charge is 2.13. The van der Waals surface area contributed by atoms with Gasteiger partial charge >= 0.3 is 6.61 Å². The second kappa shape index (κ2) is 6.79. The second-order valence-electron chi connectivity index (χ2n) is 4.73. The molecule has 0 atom stereocenters. The third-order valence-corrected chi connectivity index (χ3v) is 4.02. The van der Waals surface area contributed by atoms with Gasteiger partial charge in [-0.2, -0.15) is 8.78 Å². The molecule has 0 unspecified atom stereocenters. The molecule has 0 saturated heterocycles. The van der Waals surface area contributed by atoms with Crippen LogP contribution in [0.25, 0.3) is 10.2 Å². The topological polar surface area (TPSA) is 60.5 Å². The molecule has 124 valence electrons. The molecule has 0 fully saturated rings. The Morgan fingerprint density at radius 3 is 2.79 bits per heavy atom. The van der Waals surface area contributed by atoms with Crippen molar-refractivity contribution in [2.45, 2.75) is 6.61 Å². The van der Waals surface area contributed by atoms with Crippen molar-refractivity contribution in [3.63, 3.8) is 0 Å². The van der Waals surface area contributed by atoms with Crippen LogP contribution in [-0.4, -0.2) is 24.6 Å². The van der Waals surface area contributed by atoms with Gasteiger partial charge in [-0.3, -0.25) is 4.79 Å². The van der Waals surface area contributed by atoms with Gasteiger partial charge in [0.05, 0.1) is 22.8 Å². The van der Waals surface area contributed by atoms with Crippen molar-refractivity contribution in [1.29, 1.82) is 0 Å². The number of alkyl halides is 2. The Bertz CT molecular complexity index is 883. The van der Waals surface area contributed by atoms with Gasteiger partial charge in [0.25, 0.3) is 5.91 Å². The number of carbonyl (C=O) groups is 1. The smallest absolute Gasteiger partial charge is 0.387 e. The molecule has 3 aromatic rings. The fourth-order valence-corrected chi connectivity index (χ4v) is 2.86. The summed E-state index contributed by atoms with van der Waals surface area (Å²) in [5.74, 6) is -0.360. The van der Waals surface area contributed by atoms with E-state index in [1.165, 1.54) is 30.6 Å². The van der Waals surface area contributed by atoms with Crippen LogP contribution in [0, 0.1) is 0 Å². The Morgan fingerprint density at radius 1 is 1.21 bits per heavy atom. The number of hydrogen-bond acceptors (Lipinski definition) is 5. The van der Waals surface area contributed by atoms with Gasteiger partial charge < -0.3 is 14.8 Å². The maximum atomic E-state index is 12.4. The summed E-state index contributed by atoms with van der Waals surface area (Å²) >= 11 is 1.43. The summed E-state index contributed by atoms with van der Waals surface area (Å²) in [7, 11) is 1.34. The number of fused-ring (bicyclic) bond motifs is 1. The molecule has 1 aromatic heterocycles. The molecular weight excluding hydrogens is 338 g/mol. The van der Waals surface area contributed by atoms with Crippen molar-refractivity contribution in [3.8, 4) is 11.5 Å². The summed E-state index contributed by atoms with van der Waals surface area (Å²) < 4.78 is 35.1. The van der Waals surface area contributed by atoms with Gasteiger partial charge in [-0.05, 0) is 30.3 Å². The number of thiazole rings is 1. The standard InChI is InChI=1S/C16H12F2N2O3S/c1-22-12-5-3-10(7-13(12)23-16(17)18)20-15(21)9-2-4-11-14(6-9)24-8-19-11/h2-8,16H,1H3,(H,20,21). The Morgan fingerprint density at radius 2 is 2.04 bits per heavy atom. The molecule has 0 radical (unpaired) electrons. The number of aromatic nitrogens is 1. The molecule has 1 N–H and O–H groups in total. The number of nitrogens with one attached hydrogen (secondary N) is 1. The van der Waals surface area contributed by atoms with Crippen molar-refractivity contribution >= 4 is 33.1 Å². The highest BCUT2D eigenvalue weighted by molar-refractivity contribution is 7.16. The van der Waals surface area contributed by atoms with Crippen LogP contribution in [0.2, 0.25) is 0 Å². The molecule has 0 spiro atoms. The monoisotopic (exact) mass is 350 g/mol. The predicted molar refractivity (Wildman–Crippen MR) is 87.2 cm³/mol. The van der Waals surface area contributed by atoms with E-state index in [9.17, 15) is 13.6 Å². The van der Waals surface area contributed by atoms with Crippen LogP contribution >= 0.6 is 11.3 Å². The fourth-order valence-electron chi connectivity index (χ4n) is 2.14. The third kappa shape index (κ3) is 3.43. The van der Waals surface area contributed by atoms with E-state index in [2.05, 4.69) is 15.0 Å². The van der Waals surface area contributed by atoms with E-state index < -0.39 is 6.61 Å². The highest BCUT2D eigenvalue weighted by Crippen LogP contribution is 2.31. The first-order valence-electron chi connectivity index (χ1n) is 6.84.